The molecule has 0 aliphatic carbocycles. The second-order valence-electron chi connectivity index (χ2n) is 9.29. The van der Waals surface area contributed by atoms with Gasteiger partial charge in [0, 0.05) is 12.8 Å². The molecule has 0 bridgehead atoms. The summed E-state index contributed by atoms with van der Waals surface area (Å²) in [7, 11) is 0. The fraction of sp³-hybridized carbons (Fsp3) is 0.923. The minimum Gasteiger partial charge on any atom is -0.481 e. The van der Waals surface area contributed by atoms with E-state index in [1.54, 1.807) is 0 Å². The second kappa shape index (κ2) is 21.2. The van der Waals surface area contributed by atoms with Crippen LogP contribution in [0.3, 0.4) is 0 Å². The topological polar surface area (TPSA) is 63.6 Å². The van der Waals surface area contributed by atoms with Crippen molar-refractivity contribution in [2.75, 3.05) is 6.61 Å². The molecule has 30 heavy (non-hydrogen) atoms. The fourth-order valence-electron chi connectivity index (χ4n) is 4.00. The number of esters is 1. The van der Waals surface area contributed by atoms with Crippen molar-refractivity contribution in [3.63, 3.8) is 0 Å². The Balaban J connectivity index is 3.39. The number of rotatable bonds is 22. The zero-order chi connectivity index (χ0) is 22.5. The molecular weight excluding hydrogens is 376 g/mol. The zero-order valence-corrected chi connectivity index (χ0v) is 20.3. The number of aliphatic carboxylic acids is 1. The highest BCUT2D eigenvalue weighted by Gasteiger charge is 2.14. The molecule has 0 amide bonds. The van der Waals surface area contributed by atoms with Gasteiger partial charge in [-0.15, -0.1) is 0 Å². The van der Waals surface area contributed by atoms with Gasteiger partial charge < -0.3 is 9.84 Å². The first kappa shape index (κ1) is 28.9. The smallest absolute Gasteiger partial charge is 0.305 e. The molecule has 0 aromatic rings. The number of carbonyl (C=O) groups is 2. The Kier molecular flexibility index (Phi) is 20.4. The lowest BCUT2D eigenvalue weighted by atomic mass is 9.86. The average Bonchev–Trinajstić information content (AvgIpc) is 2.70. The largest absolute Gasteiger partial charge is 0.481 e. The standard InChI is InChI=1S/C26H50O4/c1-4-5-6-14-17-22-30-26(29)19-16-13-11-9-7-8-10-12-15-18-24(23(2)3)20-21-25(27)28/h23-24H,4-22H2,1-3H3,(H,27,28). The molecule has 1 atom stereocenters. The van der Waals surface area contributed by atoms with E-state index in [1.807, 2.05) is 0 Å². The molecule has 0 saturated heterocycles. The van der Waals surface area contributed by atoms with Gasteiger partial charge in [0.25, 0.3) is 0 Å². The lowest BCUT2D eigenvalue weighted by Crippen LogP contribution is -2.11. The van der Waals surface area contributed by atoms with E-state index >= 15 is 0 Å². The number of hydrogen-bond donors (Lipinski definition) is 1. The summed E-state index contributed by atoms with van der Waals surface area (Å²) in [6, 6.07) is 0. The molecule has 0 rings (SSSR count). The van der Waals surface area contributed by atoms with Crippen LogP contribution in [0.1, 0.15) is 136 Å². The van der Waals surface area contributed by atoms with E-state index in [2.05, 4.69) is 20.8 Å². The van der Waals surface area contributed by atoms with Gasteiger partial charge >= 0.3 is 11.9 Å². The Labute approximate surface area is 186 Å². The van der Waals surface area contributed by atoms with E-state index in [0.717, 1.165) is 25.7 Å². The van der Waals surface area contributed by atoms with Crippen molar-refractivity contribution in [1.82, 2.24) is 0 Å². The molecule has 0 aliphatic rings. The highest BCUT2D eigenvalue weighted by Crippen LogP contribution is 2.24. The number of carboxylic acid groups (broad SMARTS) is 1. The quantitative estimate of drug-likeness (QED) is 0.141. The van der Waals surface area contributed by atoms with Crippen LogP contribution in [0.2, 0.25) is 0 Å². The Morgan fingerprint density at radius 2 is 1.23 bits per heavy atom. The molecule has 0 heterocycles. The van der Waals surface area contributed by atoms with Gasteiger partial charge in [-0.1, -0.05) is 104 Å². The van der Waals surface area contributed by atoms with Crippen LogP contribution in [0.25, 0.3) is 0 Å². The first-order valence-corrected chi connectivity index (χ1v) is 12.8. The molecule has 0 radical (unpaired) electrons. The van der Waals surface area contributed by atoms with E-state index < -0.39 is 5.97 Å². The third-order valence-corrected chi connectivity index (χ3v) is 6.14. The number of hydrogen-bond acceptors (Lipinski definition) is 3. The monoisotopic (exact) mass is 426 g/mol. The number of ether oxygens (including phenoxy) is 1. The van der Waals surface area contributed by atoms with E-state index in [0.29, 0.717) is 31.3 Å². The summed E-state index contributed by atoms with van der Waals surface area (Å²) in [4.78, 5) is 22.4. The molecule has 4 heteroatoms. The third kappa shape index (κ3) is 20.2. The molecule has 1 unspecified atom stereocenters. The zero-order valence-electron chi connectivity index (χ0n) is 20.3. The van der Waals surface area contributed by atoms with Crippen LogP contribution in [0.4, 0.5) is 0 Å². The van der Waals surface area contributed by atoms with Crippen molar-refractivity contribution in [2.45, 2.75) is 136 Å². The lowest BCUT2D eigenvalue weighted by Gasteiger charge is -2.19. The van der Waals surface area contributed by atoms with Crippen molar-refractivity contribution in [2.24, 2.45) is 11.8 Å². The summed E-state index contributed by atoms with van der Waals surface area (Å²) in [6.07, 6.45) is 19.7. The van der Waals surface area contributed by atoms with Crippen LogP contribution < -0.4 is 0 Å². The molecule has 0 aliphatic heterocycles. The normalized spacial score (nSPS) is 12.3. The maximum atomic E-state index is 11.7. The van der Waals surface area contributed by atoms with E-state index in [1.165, 1.54) is 77.0 Å². The van der Waals surface area contributed by atoms with Crippen molar-refractivity contribution in [3.8, 4) is 0 Å². The van der Waals surface area contributed by atoms with Crippen molar-refractivity contribution >= 4 is 11.9 Å². The van der Waals surface area contributed by atoms with Gasteiger partial charge in [-0.05, 0) is 31.1 Å². The van der Waals surface area contributed by atoms with Crippen LogP contribution in [0.15, 0.2) is 0 Å². The van der Waals surface area contributed by atoms with Crippen LogP contribution >= 0.6 is 0 Å². The number of carbonyl (C=O) groups excluding carboxylic acids is 1. The summed E-state index contributed by atoms with van der Waals surface area (Å²) in [5, 5.41) is 8.86. The van der Waals surface area contributed by atoms with Gasteiger partial charge in [0.2, 0.25) is 0 Å². The van der Waals surface area contributed by atoms with E-state index in [4.69, 9.17) is 9.84 Å². The van der Waals surface area contributed by atoms with Crippen LogP contribution in [-0.4, -0.2) is 23.7 Å². The number of unbranched alkanes of at least 4 members (excludes halogenated alkanes) is 12. The second-order valence-corrected chi connectivity index (χ2v) is 9.29. The van der Waals surface area contributed by atoms with Gasteiger partial charge in [-0.2, -0.15) is 0 Å². The Morgan fingerprint density at radius 3 is 1.80 bits per heavy atom. The van der Waals surface area contributed by atoms with Crippen LogP contribution in [0.5, 0.6) is 0 Å². The maximum absolute atomic E-state index is 11.7. The summed E-state index contributed by atoms with van der Waals surface area (Å²) in [5.74, 6) is 0.435. The van der Waals surface area contributed by atoms with Gasteiger partial charge in [0.05, 0.1) is 6.61 Å². The molecule has 0 fully saturated rings. The summed E-state index contributed by atoms with van der Waals surface area (Å²) < 4.78 is 5.30. The lowest BCUT2D eigenvalue weighted by molar-refractivity contribution is -0.144. The van der Waals surface area contributed by atoms with Gasteiger partial charge in [-0.25, -0.2) is 0 Å². The van der Waals surface area contributed by atoms with Gasteiger partial charge in [-0.3, -0.25) is 9.59 Å². The van der Waals surface area contributed by atoms with E-state index in [-0.39, 0.29) is 5.97 Å². The Hall–Kier alpha value is -1.06. The molecule has 0 aromatic heterocycles. The summed E-state index contributed by atoms with van der Waals surface area (Å²) in [5.41, 5.74) is 0. The van der Waals surface area contributed by atoms with Crippen molar-refractivity contribution < 1.29 is 19.4 Å². The van der Waals surface area contributed by atoms with Gasteiger partial charge in [0.1, 0.15) is 0 Å². The number of carboxylic acids is 1. The first-order valence-electron chi connectivity index (χ1n) is 12.8. The maximum Gasteiger partial charge on any atom is 0.305 e. The van der Waals surface area contributed by atoms with Gasteiger partial charge in [0.15, 0.2) is 0 Å². The molecule has 0 aromatic carbocycles. The Morgan fingerprint density at radius 1 is 0.700 bits per heavy atom. The first-order chi connectivity index (χ1) is 14.5. The SMILES string of the molecule is CCCCCCCOC(=O)CCCCCCCCCCCC(CCC(=O)O)C(C)C. The highest BCUT2D eigenvalue weighted by molar-refractivity contribution is 5.69. The molecule has 4 nitrogen and oxygen atoms in total. The molecular formula is C26H50O4. The van der Waals surface area contributed by atoms with E-state index in [9.17, 15) is 9.59 Å². The minimum atomic E-state index is -0.671. The summed E-state index contributed by atoms with van der Waals surface area (Å²) in [6.45, 7) is 7.22. The molecule has 0 spiro atoms. The molecule has 1 N–H and O–H groups in total. The Bertz CT molecular complexity index is 406. The van der Waals surface area contributed by atoms with Crippen LogP contribution in [-0.2, 0) is 14.3 Å². The highest BCUT2D eigenvalue weighted by atomic mass is 16.5. The van der Waals surface area contributed by atoms with Crippen LogP contribution in [0, 0.1) is 11.8 Å². The predicted molar refractivity (Wildman–Crippen MR) is 126 cm³/mol. The predicted octanol–water partition coefficient (Wildman–Crippen LogP) is 7.93. The van der Waals surface area contributed by atoms with Crippen molar-refractivity contribution in [1.29, 1.82) is 0 Å². The molecule has 0 saturated carbocycles. The third-order valence-electron chi connectivity index (χ3n) is 6.14. The van der Waals surface area contributed by atoms with Crippen molar-refractivity contribution in [3.05, 3.63) is 0 Å². The average molecular weight is 427 g/mol. The summed E-state index contributed by atoms with van der Waals surface area (Å²) >= 11 is 0. The fourth-order valence-corrected chi connectivity index (χ4v) is 4.00. The minimum absolute atomic E-state index is 0.0199. The molecule has 178 valence electrons.